The van der Waals surface area contributed by atoms with Crippen LogP contribution in [0.1, 0.15) is 73.1 Å². The fourth-order valence-electron chi connectivity index (χ4n) is 3.19. The van der Waals surface area contributed by atoms with Gasteiger partial charge in [0.2, 0.25) is 0 Å². The van der Waals surface area contributed by atoms with E-state index in [-0.39, 0.29) is 12.1 Å². The molecule has 0 aromatic heterocycles. The molecule has 2 atom stereocenters. The van der Waals surface area contributed by atoms with Crippen LogP contribution in [0.3, 0.4) is 0 Å². The normalized spacial score (nSPS) is 20.4. The van der Waals surface area contributed by atoms with E-state index < -0.39 is 0 Å². The molecule has 2 N–H and O–H groups in total. The van der Waals surface area contributed by atoms with Gasteiger partial charge in [0.25, 0.3) is 0 Å². The highest BCUT2D eigenvalue weighted by Crippen LogP contribution is 2.26. The summed E-state index contributed by atoms with van der Waals surface area (Å²) < 4.78 is 0. The van der Waals surface area contributed by atoms with Crippen LogP contribution < -0.4 is 5.32 Å². The second kappa shape index (κ2) is 8.35. The fourth-order valence-corrected chi connectivity index (χ4v) is 3.19. The van der Waals surface area contributed by atoms with Crippen LogP contribution in [0.5, 0.6) is 0 Å². The van der Waals surface area contributed by atoms with Gasteiger partial charge in [0, 0.05) is 23.7 Å². The van der Waals surface area contributed by atoms with Crippen LogP contribution in [0.15, 0.2) is 0 Å². The first-order chi connectivity index (χ1) is 9.41. The van der Waals surface area contributed by atoms with E-state index in [9.17, 15) is 5.11 Å². The van der Waals surface area contributed by atoms with Gasteiger partial charge in [-0.25, -0.2) is 0 Å². The van der Waals surface area contributed by atoms with Crippen molar-refractivity contribution in [2.45, 2.75) is 96.8 Å². The summed E-state index contributed by atoms with van der Waals surface area (Å²) in [5.41, 5.74) is -0.127. The average Bonchev–Trinajstić information content (AvgIpc) is 3.17. The lowest BCUT2D eigenvalue weighted by Gasteiger charge is -2.39. The summed E-state index contributed by atoms with van der Waals surface area (Å²) in [5.74, 6) is 0. The Morgan fingerprint density at radius 3 is 2.35 bits per heavy atom. The Bertz CT molecular complexity index is 266. The maximum Gasteiger partial charge on any atom is 0.0611 e. The van der Waals surface area contributed by atoms with Gasteiger partial charge in [-0.05, 0) is 59.9 Å². The first-order valence-corrected chi connectivity index (χ1v) is 8.56. The standard InChI is InChI=1S/C17H36N2O/c1-6-7-8-11-19(14(2)3)15(4)12-17(5,13-20)18-16-9-10-16/h14-16,18,20H,6-13H2,1-5H3. The van der Waals surface area contributed by atoms with Crippen LogP contribution in [0.2, 0.25) is 0 Å². The Hall–Kier alpha value is -0.120. The molecule has 0 heterocycles. The van der Waals surface area contributed by atoms with Gasteiger partial charge in [-0.1, -0.05) is 19.8 Å². The number of nitrogens with zero attached hydrogens (tertiary/aromatic N) is 1. The highest BCUT2D eigenvalue weighted by Gasteiger charge is 2.34. The maximum atomic E-state index is 9.76. The second-order valence-electron chi connectivity index (χ2n) is 7.23. The van der Waals surface area contributed by atoms with E-state index in [4.69, 9.17) is 0 Å². The van der Waals surface area contributed by atoms with Gasteiger partial charge in [0.1, 0.15) is 0 Å². The largest absolute Gasteiger partial charge is 0.394 e. The van der Waals surface area contributed by atoms with Crippen LogP contribution in [0, 0.1) is 0 Å². The van der Waals surface area contributed by atoms with E-state index in [0.717, 1.165) is 6.42 Å². The Morgan fingerprint density at radius 1 is 1.25 bits per heavy atom. The minimum atomic E-state index is -0.127. The molecule has 1 aliphatic rings. The summed E-state index contributed by atoms with van der Waals surface area (Å²) in [6.07, 6.45) is 7.43. The van der Waals surface area contributed by atoms with Crippen molar-refractivity contribution >= 4 is 0 Å². The predicted octanol–water partition coefficient (Wildman–Crippen LogP) is 3.17. The van der Waals surface area contributed by atoms with E-state index in [1.807, 2.05) is 0 Å². The first kappa shape index (κ1) is 17.9. The summed E-state index contributed by atoms with van der Waals surface area (Å²) in [6, 6.07) is 1.73. The molecule has 0 aliphatic heterocycles. The molecule has 1 saturated carbocycles. The molecule has 1 fully saturated rings. The van der Waals surface area contributed by atoms with Crippen LogP contribution in [-0.4, -0.2) is 46.8 Å². The molecule has 0 radical (unpaired) electrons. The van der Waals surface area contributed by atoms with Crippen molar-refractivity contribution in [3.05, 3.63) is 0 Å². The highest BCUT2D eigenvalue weighted by atomic mass is 16.3. The monoisotopic (exact) mass is 284 g/mol. The molecule has 0 bridgehead atoms. The van der Waals surface area contributed by atoms with E-state index in [1.54, 1.807) is 0 Å². The number of aliphatic hydroxyl groups is 1. The van der Waals surface area contributed by atoms with E-state index in [0.29, 0.717) is 18.1 Å². The molecule has 3 heteroatoms. The van der Waals surface area contributed by atoms with Crippen LogP contribution >= 0.6 is 0 Å². The van der Waals surface area contributed by atoms with Crippen molar-refractivity contribution < 1.29 is 5.11 Å². The van der Waals surface area contributed by atoms with E-state index in [2.05, 4.69) is 44.8 Å². The molecule has 0 aromatic carbocycles. The molecule has 0 saturated heterocycles. The second-order valence-corrected chi connectivity index (χ2v) is 7.23. The quantitative estimate of drug-likeness (QED) is 0.572. The van der Waals surface area contributed by atoms with Gasteiger partial charge < -0.3 is 10.4 Å². The van der Waals surface area contributed by atoms with Crippen molar-refractivity contribution in [2.24, 2.45) is 0 Å². The lowest BCUT2D eigenvalue weighted by Crippen LogP contribution is -2.52. The number of unbranched alkanes of at least 4 members (excludes halogenated alkanes) is 2. The zero-order valence-corrected chi connectivity index (χ0v) is 14.3. The Balaban J connectivity index is 2.51. The van der Waals surface area contributed by atoms with Crippen LogP contribution in [-0.2, 0) is 0 Å². The third-order valence-corrected chi connectivity index (χ3v) is 4.47. The topological polar surface area (TPSA) is 35.5 Å². The van der Waals surface area contributed by atoms with Gasteiger partial charge in [-0.2, -0.15) is 0 Å². The molecule has 1 rings (SSSR count). The van der Waals surface area contributed by atoms with Crippen LogP contribution in [0.25, 0.3) is 0 Å². The van der Waals surface area contributed by atoms with Gasteiger partial charge in [-0.3, -0.25) is 4.90 Å². The molecule has 2 unspecified atom stereocenters. The molecule has 0 aromatic rings. The number of nitrogens with one attached hydrogen (secondary N) is 1. The first-order valence-electron chi connectivity index (χ1n) is 8.56. The summed E-state index contributed by atoms with van der Waals surface area (Å²) >= 11 is 0. The minimum Gasteiger partial charge on any atom is -0.394 e. The van der Waals surface area contributed by atoms with E-state index in [1.165, 1.54) is 38.6 Å². The number of hydrogen-bond acceptors (Lipinski definition) is 3. The summed E-state index contributed by atoms with van der Waals surface area (Å²) in [5, 5.41) is 13.4. The van der Waals surface area contributed by atoms with Gasteiger partial charge in [0.15, 0.2) is 0 Å². The molecule has 0 spiro atoms. The summed E-state index contributed by atoms with van der Waals surface area (Å²) in [6.45, 7) is 12.7. The molecule has 1 aliphatic carbocycles. The molecular formula is C17H36N2O. The maximum absolute atomic E-state index is 9.76. The van der Waals surface area contributed by atoms with Gasteiger partial charge in [-0.15, -0.1) is 0 Å². The molecular weight excluding hydrogens is 248 g/mol. The SMILES string of the molecule is CCCCCN(C(C)C)C(C)CC(C)(CO)NC1CC1. The van der Waals surface area contributed by atoms with Crippen molar-refractivity contribution in [3.63, 3.8) is 0 Å². The molecule has 3 nitrogen and oxygen atoms in total. The zero-order valence-electron chi connectivity index (χ0n) is 14.3. The fraction of sp³-hybridized carbons (Fsp3) is 1.00. The molecule has 120 valence electrons. The van der Waals surface area contributed by atoms with Gasteiger partial charge in [0.05, 0.1) is 6.61 Å². The number of rotatable bonds is 11. The predicted molar refractivity (Wildman–Crippen MR) is 87.1 cm³/mol. The third kappa shape index (κ3) is 6.11. The zero-order chi connectivity index (χ0) is 15.2. The number of hydrogen-bond donors (Lipinski definition) is 2. The summed E-state index contributed by atoms with van der Waals surface area (Å²) in [7, 11) is 0. The summed E-state index contributed by atoms with van der Waals surface area (Å²) in [4.78, 5) is 2.60. The van der Waals surface area contributed by atoms with Crippen molar-refractivity contribution in [1.29, 1.82) is 0 Å². The average molecular weight is 284 g/mol. The highest BCUT2D eigenvalue weighted by molar-refractivity contribution is 4.94. The van der Waals surface area contributed by atoms with E-state index >= 15 is 0 Å². The minimum absolute atomic E-state index is 0.127. The van der Waals surface area contributed by atoms with Crippen LogP contribution in [0.4, 0.5) is 0 Å². The Morgan fingerprint density at radius 2 is 1.90 bits per heavy atom. The number of aliphatic hydroxyl groups excluding tert-OH is 1. The van der Waals surface area contributed by atoms with Crippen molar-refractivity contribution in [1.82, 2.24) is 10.2 Å². The van der Waals surface area contributed by atoms with Crippen molar-refractivity contribution in [3.8, 4) is 0 Å². The van der Waals surface area contributed by atoms with Crippen molar-refractivity contribution in [2.75, 3.05) is 13.2 Å². The Kier molecular flexibility index (Phi) is 7.49. The molecule has 0 amide bonds. The smallest absolute Gasteiger partial charge is 0.0611 e. The van der Waals surface area contributed by atoms with Gasteiger partial charge >= 0.3 is 0 Å². The lowest BCUT2D eigenvalue weighted by atomic mass is 9.92. The third-order valence-electron chi connectivity index (χ3n) is 4.47. The Labute approximate surface area is 126 Å². The molecule has 20 heavy (non-hydrogen) atoms. The lowest BCUT2D eigenvalue weighted by molar-refractivity contribution is 0.0944.